The van der Waals surface area contributed by atoms with Crippen LogP contribution >= 0.6 is 0 Å². The van der Waals surface area contributed by atoms with Gasteiger partial charge in [-0.05, 0) is 47.4 Å². The molecule has 2 amide bonds. The van der Waals surface area contributed by atoms with Crippen LogP contribution in [-0.2, 0) is 16.0 Å². The van der Waals surface area contributed by atoms with Crippen LogP contribution in [0.4, 0.5) is 5.69 Å². The number of nitrogens with zero attached hydrogens (tertiary/aromatic N) is 4. The number of anilines is 1. The summed E-state index contributed by atoms with van der Waals surface area (Å²) in [5.41, 5.74) is 10.4. The van der Waals surface area contributed by atoms with Crippen LogP contribution in [0.25, 0.3) is 11.1 Å². The molecule has 212 valence electrons. The standard InChI is InChI=1S/C32H41N5O3/c1-2-3-4-5-6-7-14-37-28(21-33)20-27-19-26(12-13-29(27)37)24-8-10-25(11-9-24)30(38)35-15-17-36(18-16-35)31(39)32(34)22-40-23-32/h8-13,19,28H,2-7,14-18,20,22-23,34H2,1H3. The number of hydrogen-bond donors (Lipinski definition) is 1. The fourth-order valence-electron chi connectivity index (χ4n) is 6.01. The van der Waals surface area contributed by atoms with E-state index in [1.807, 2.05) is 24.3 Å². The van der Waals surface area contributed by atoms with Gasteiger partial charge in [-0.2, -0.15) is 5.26 Å². The van der Waals surface area contributed by atoms with E-state index in [0.717, 1.165) is 30.5 Å². The molecule has 8 nitrogen and oxygen atoms in total. The lowest BCUT2D eigenvalue weighted by molar-refractivity contribution is -0.155. The highest BCUT2D eigenvalue weighted by molar-refractivity contribution is 5.95. The summed E-state index contributed by atoms with van der Waals surface area (Å²) in [4.78, 5) is 31.6. The molecule has 5 rings (SSSR count). The summed E-state index contributed by atoms with van der Waals surface area (Å²) in [5, 5.41) is 9.79. The number of rotatable bonds is 10. The highest BCUT2D eigenvalue weighted by Crippen LogP contribution is 2.36. The molecule has 0 bridgehead atoms. The third-order valence-electron chi connectivity index (χ3n) is 8.54. The number of benzene rings is 2. The molecular weight excluding hydrogens is 502 g/mol. The van der Waals surface area contributed by atoms with Crippen molar-refractivity contribution in [2.75, 3.05) is 50.8 Å². The zero-order chi connectivity index (χ0) is 28.1. The van der Waals surface area contributed by atoms with Crippen molar-refractivity contribution < 1.29 is 14.3 Å². The maximum Gasteiger partial charge on any atom is 0.253 e. The van der Waals surface area contributed by atoms with Gasteiger partial charge in [-0.1, -0.05) is 57.2 Å². The summed E-state index contributed by atoms with van der Waals surface area (Å²) in [7, 11) is 0. The van der Waals surface area contributed by atoms with E-state index in [1.54, 1.807) is 9.80 Å². The highest BCUT2D eigenvalue weighted by Gasteiger charge is 2.45. The molecule has 40 heavy (non-hydrogen) atoms. The predicted molar refractivity (Wildman–Crippen MR) is 156 cm³/mol. The molecule has 3 heterocycles. The largest absolute Gasteiger partial charge is 0.376 e. The zero-order valence-corrected chi connectivity index (χ0v) is 23.6. The topological polar surface area (TPSA) is 103 Å². The molecule has 1 atom stereocenters. The van der Waals surface area contributed by atoms with Gasteiger partial charge in [0.1, 0.15) is 11.6 Å². The third-order valence-corrected chi connectivity index (χ3v) is 8.54. The minimum Gasteiger partial charge on any atom is -0.376 e. The first-order chi connectivity index (χ1) is 19.4. The van der Waals surface area contributed by atoms with Gasteiger partial charge in [0, 0.05) is 50.4 Å². The normalized spacial score (nSPS) is 19.6. The van der Waals surface area contributed by atoms with E-state index in [1.165, 1.54) is 43.4 Å². The third kappa shape index (κ3) is 5.86. The maximum atomic E-state index is 13.1. The van der Waals surface area contributed by atoms with Crippen LogP contribution in [-0.4, -0.2) is 79.1 Å². The number of unbranched alkanes of at least 4 members (excludes halogenated alkanes) is 5. The lowest BCUT2D eigenvalue weighted by atomic mass is 9.96. The number of fused-ring (bicyclic) bond motifs is 1. The molecule has 2 aromatic rings. The summed E-state index contributed by atoms with van der Waals surface area (Å²) in [5.74, 6) is -0.111. The number of piperazine rings is 1. The number of ether oxygens (including phenoxy) is 1. The highest BCUT2D eigenvalue weighted by atomic mass is 16.5. The molecule has 0 saturated carbocycles. The van der Waals surface area contributed by atoms with Gasteiger partial charge >= 0.3 is 0 Å². The van der Waals surface area contributed by atoms with Gasteiger partial charge in [0.25, 0.3) is 5.91 Å². The second kappa shape index (κ2) is 12.4. The van der Waals surface area contributed by atoms with Gasteiger partial charge in [0.05, 0.1) is 19.3 Å². The Morgan fingerprint density at radius 2 is 1.60 bits per heavy atom. The van der Waals surface area contributed by atoms with Crippen LogP contribution < -0.4 is 10.6 Å². The van der Waals surface area contributed by atoms with E-state index in [2.05, 4.69) is 36.1 Å². The van der Waals surface area contributed by atoms with Gasteiger partial charge in [-0.15, -0.1) is 0 Å². The molecular formula is C32H41N5O3. The Morgan fingerprint density at radius 1 is 0.950 bits per heavy atom. The molecule has 2 aromatic carbocycles. The van der Waals surface area contributed by atoms with Crippen LogP contribution in [0.5, 0.6) is 0 Å². The van der Waals surface area contributed by atoms with Gasteiger partial charge in [-0.3, -0.25) is 9.59 Å². The summed E-state index contributed by atoms with van der Waals surface area (Å²) in [6, 6.07) is 16.6. The molecule has 8 heteroatoms. The molecule has 2 saturated heterocycles. The molecule has 3 aliphatic rings. The van der Waals surface area contributed by atoms with Crippen molar-refractivity contribution in [1.29, 1.82) is 5.26 Å². The molecule has 0 aromatic heterocycles. The molecule has 2 fully saturated rings. The number of hydrogen-bond acceptors (Lipinski definition) is 6. The van der Waals surface area contributed by atoms with Gasteiger partial charge < -0.3 is 25.2 Å². The second-order valence-corrected chi connectivity index (χ2v) is 11.5. The first kappa shape index (κ1) is 28.1. The first-order valence-corrected chi connectivity index (χ1v) is 14.8. The molecule has 0 radical (unpaired) electrons. The SMILES string of the molecule is CCCCCCCCN1c2ccc(-c3ccc(C(=O)N4CCN(C(=O)C5(N)COC5)CC4)cc3)cc2CC1C#N. The smallest absolute Gasteiger partial charge is 0.253 e. The Kier molecular flexibility index (Phi) is 8.72. The molecule has 0 spiro atoms. The zero-order valence-electron chi connectivity index (χ0n) is 23.6. The van der Waals surface area contributed by atoms with Gasteiger partial charge in [0.15, 0.2) is 0 Å². The van der Waals surface area contributed by atoms with Crippen LogP contribution in [0.15, 0.2) is 42.5 Å². The fourth-order valence-corrected chi connectivity index (χ4v) is 6.01. The summed E-state index contributed by atoms with van der Waals surface area (Å²) in [6.45, 7) is 5.63. The average Bonchev–Trinajstić information content (AvgIpc) is 3.34. The minimum absolute atomic E-state index is 0.0239. The molecule has 1 unspecified atom stereocenters. The van der Waals surface area contributed by atoms with E-state index in [0.29, 0.717) is 31.7 Å². The lowest BCUT2D eigenvalue weighted by Crippen LogP contribution is -2.68. The summed E-state index contributed by atoms with van der Waals surface area (Å²) in [6.07, 6.45) is 8.20. The van der Waals surface area contributed by atoms with Crippen molar-refractivity contribution in [3.05, 3.63) is 53.6 Å². The van der Waals surface area contributed by atoms with E-state index in [9.17, 15) is 14.9 Å². The quantitative estimate of drug-likeness (QED) is 0.455. The van der Waals surface area contributed by atoms with Crippen molar-refractivity contribution >= 4 is 17.5 Å². The van der Waals surface area contributed by atoms with E-state index in [4.69, 9.17) is 10.5 Å². The van der Waals surface area contributed by atoms with Crippen LogP contribution in [0.2, 0.25) is 0 Å². The van der Waals surface area contributed by atoms with Crippen LogP contribution in [0.1, 0.15) is 61.4 Å². The Hall–Kier alpha value is -3.41. The Bertz CT molecular complexity index is 1240. The van der Waals surface area contributed by atoms with Crippen molar-refractivity contribution in [2.24, 2.45) is 5.73 Å². The van der Waals surface area contributed by atoms with E-state index < -0.39 is 5.54 Å². The fraction of sp³-hybridized carbons (Fsp3) is 0.531. The van der Waals surface area contributed by atoms with E-state index in [-0.39, 0.29) is 31.1 Å². The Morgan fingerprint density at radius 3 is 2.25 bits per heavy atom. The monoisotopic (exact) mass is 543 g/mol. The Balaban J connectivity index is 1.18. The number of nitriles is 1. The molecule has 3 aliphatic heterocycles. The first-order valence-electron chi connectivity index (χ1n) is 14.8. The van der Waals surface area contributed by atoms with Crippen LogP contribution in [0, 0.1) is 11.3 Å². The van der Waals surface area contributed by atoms with Crippen molar-refractivity contribution in [2.45, 2.75) is 63.5 Å². The number of nitrogens with two attached hydrogens (primary N) is 1. The minimum atomic E-state index is -0.902. The maximum absolute atomic E-state index is 13.1. The molecule has 2 N–H and O–H groups in total. The number of carbonyl (C=O) groups excluding carboxylic acids is 2. The lowest BCUT2D eigenvalue weighted by Gasteiger charge is -2.43. The van der Waals surface area contributed by atoms with Crippen molar-refractivity contribution in [1.82, 2.24) is 9.80 Å². The van der Waals surface area contributed by atoms with Crippen molar-refractivity contribution in [3.8, 4) is 17.2 Å². The van der Waals surface area contributed by atoms with Crippen molar-refractivity contribution in [3.63, 3.8) is 0 Å². The summed E-state index contributed by atoms with van der Waals surface area (Å²) < 4.78 is 5.12. The van der Waals surface area contributed by atoms with Gasteiger partial charge in [0.2, 0.25) is 5.91 Å². The second-order valence-electron chi connectivity index (χ2n) is 11.5. The Labute approximate surface area is 237 Å². The predicted octanol–water partition coefficient (Wildman–Crippen LogP) is 3.98. The van der Waals surface area contributed by atoms with Gasteiger partial charge in [-0.25, -0.2) is 0 Å². The summed E-state index contributed by atoms with van der Waals surface area (Å²) >= 11 is 0. The number of amides is 2. The van der Waals surface area contributed by atoms with E-state index >= 15 is 0 Å². The van der Waals surface area contributed by atoms with Crippen LogP contribution in [0.3, 0.4) is 0 Å². The average molecular weight is 544 g/mol. The number of carbonyl (C=O) groups is 2. The molecule has 0 aliphatic carbocycles.